The third-order valence-corrected chi connectivity index (χ3v) is 3.94. The fourth-order valence-corrected chi connectivity index (χ4v) is 2.59. The summed E-state index contributed by atoms with van der Waals surface area (Å²) in [4.78, 5) is 23.3. The van der Waals surface area contributed by atoms with Crippen molar-refractivity contribution in [3.05, 3.63) is 29.6 Å². The minimum absolute atomic E-state index is 0.160. The minimum Gasteiger partial charge on any atom is -0.481 e. The molecule has 0 bridgehead atoms. The number of carboxylic acids is 1. The van der Waals surface area contributed by atoms with Crippen LogP contribution in [0.2, 0.25) is 0 Å². The Morgan fingerprint density at radius 2 is 2.08 bits per heavy atom. The number of nitrogens with zero attached hydrogens (tertiary/aromatic N) is 2. The summed E-state index contributed by atoms with van der Waals surface area (Å²) in [6.07, 6.45) is -0.781. The van der Waals surface area contributed by atoms with Crippen LogP contribution in [0.4, 0.5) is 5.69 Å². The molecule has 2 N–H and O–H groups in total. The van der Waals surface area contributed by atoms with E-state index < -0.39 is 12.1 Å². The van der Waals surface area contributed by atoms with Gasteiger partial charge in [-0.05, 0) is 32.9 Å². The van der Waals surface area contributed by atoms with E-state index in [4.69, 9.17) is 19.3 Å². The second-order valence-corrected chi connectivity index (χ2v) is 5.86. The number of hydrogen-bond donors (Lipinski definition) is 2. The Bertz CT molecular complexity index is 860. The lowest BCUT2D eigenvalue weighted by Crippen LogP contribution is -2.30. The number of anilines is 1. The summed E-state index contributed by atoms with van der Waals surface area (Å²) in [6, 6.07) is 5.07. The second kappa shape index (κ2) is 6.95. The van der Waals surface area contributed by atoms with Crippen molar-refractivity contribution in [3.63, 3.8) is 0 Å². The fourth-order valence-electron chi connectivity index (χ4n) is 2.59. The van der Waals surface area contributed by atoms with Crippen LogP contribution in [-0.2, 0) is 16.1 Å². The first-order chi connectivity index (χ1) is 12.3. The Kier molecular flexibility index (Phi) is 4.70. The van der Waals surface area contributed by atoms with Gasteiger partial charge in [-0.3, -0.25) is 14.3 Å². The second-order valence-electron chi connectivity index (χ2n) is 5.86. The number of carbonyl (C=O) groups is 2. The molecule has 1 aromatic carbocycles. The summed E-state index contributed by atoms with van der Waals surface area (Å²) in [5.74, 6) is 0.298. The SMILES string of the molecule is Cc1nn(CC(=O)O)c(C)c1NC(=O)C(C)Oc1ccc2c(c1)OCO2. The van der Waals surface area contributed by atoms with Crippen LogP contribution in [0.15, 0.2) is 18.2 Å². The summed E-state index contributed by atoms with van der Waals surface area (Å²) in [5.41, 5.74) is 1.58. The summed E-state index contributed by atoms with van der Waals surface area (Å²) in [6.45, 7) is 4.90. The molecule has 0 saturated carbocycles. The number of aryl methyl sites for hydroxylation is 1. The molecule has 0 saturated heterocycles. The number of nitrogens with one attached hydrogen (secondary N) is 1. The molecular formula is C17H19N3O6. The van der Waals surface area contributed by atoms with Gasteiger partial charge in [0, 0.05) is 6.07 Å². The van der Waals surface area contributed by atoms with E-state index in [0.29, 0.717) is 34.3 Å². The molecule has 26 heavy (non-hydrogen) atoms. The van der Waals surface area contributed by atoms with E-state index in [1.54, 1.807) is 39.0 Å². The van der Waals surface area contributed by atoms with Crippen molar-refractivity contribution >= 4 is 17.6 Å². The largest absolute Gasteiger partial charge is 0.481 e. The molecule has 1 unspecified atom stereocenters. The molecule has 1 atom stereocenters. The Morgan fingerprint density at radius 1 is 1.35 bits per heavy atom. The molecule has 1 aromatic heterocycles. The van der Waals surface area contributed by atoms with Gasteiger partial charge in [-0.15, -0.1) is 0 Å². The van der Waals surface area contributed by atoms with E-state index in [1.165, 1.54) is 4.68 Å². The van der Waals surface area contributed by atoms with Crippen LogP contribution < -0.4 is 19.5 Å². The van der Waals surface area contributed by atoms with Gasteiger partial charge in [-0.1, -0.05) is 0 Å². The fraction of sp³-hybridized carbons (Fsp3) is 0.353. The Labute approximate surface area is 149 Å². The molecule has 0 spiro atoms. The number of aromatic nitrogens is 2. The standard InChI is InChI=1S/C17H19N3O6/c1-9-16(10(2)20(19-9)7-15(21)22)18-17(23)11(3)26-12-4-5-13-14(6-12)25-8-24-13/h4-6,11H,7-8H2,1-3H3,(H,18,23)(H,21,22). The van der Waals surface area contributed by atoms with Crippen LogP contribution in [0.1, 0.15) is 18.3 Å². The molecule has 2 heterocycles. The zero-order chi connectivity index (χ0) is 18.8. The van der Waals surface area contributed by atoms with E-state index in [-0.39, 0.29) is 19.2 Å². The number of hydrogen-bond acceptors (Lipinski definition) is 6. The topological polar surface area (TPSA) is 112 Å². The molecular weight excluding hydrogens is 342 g/mol. The summed E-state index contributed by atoms with van der Waals surface area (Å²) in [5, 5.41) is 15.8. The van der Waals surface area contributed by atoms with Crippen molar-refractivity contribution in [2.75, 3.05) is 12.1 Å². The quantitative estimate of drug-likeness (QED) is 0.805. The molecule has 0 fully saturated rings. The van der Waals surface area contributed by atoms with Gasteiger partial charge in [0.15, 0.2) is 17.6 Å². The van der Waals surface area contributed by atoms with E-state index in [9.17, 15) is 9.59 Å². The highest BCUT2D eigenvalue weighted by Gasteiger charge is 2.21. The van der Waals surface area contributed by atoms with E-state index in [2.05, 4.69) is 10.4 Å². The first kappa shape index (κ1) is 17.6. The van der Waals surface area contributed by atoms with Crippen LogP contribution in [0, 0.1) is 13.8 Å². The Hall–Kier alpha value is -3.23. The van der Waals surface area contributed by atoms with Crippen molar-refractivity contribution in [1.82, 2.24) is 9.78 Å². The first-order valence-electron chi connectivity index (χ1n) is 7.98. The van der Waals surface area contributed by atoms with E-state index in [0.717, 1.165) is 0 Å². The molecule has 0 aliphatic carbocycles. The molecule has 3 rings (SSSR count). The molecule has 9 heteroatoms. The Morgan fingerprint density at radius 3 is 2.81 bits per heavy atom. The van der Waals surface area contributed by atoms with Crippen molar-refractivity contribution in [3.8, 4) is 17.2 Å². The normalized spacial score (nSPS) is 13.3. The molecule has 1 aliphatic rings. The van der Waals surface area contributed by atoms with Gasteiger partial charge in [0.2, 0.25) is 6.79 Å². The maximum Gasteiger partial charge on any atom is 0.325 e. The maximum atomic E-state index is 12.4. The molecule has 138 valence electrons. The van der Waals surface area contributed by atoms with Crippen molar-refractivity contribution in [1.29, 1.82) is 0 Å². The van der Waals surface area contributed by atoms with E-state index >= 15 is 0 Å². The highest BCUT2D eigenvalue weighted by molar-refractivity contribution is 5.95. The number of ether oxygens (including phenoxy) is 3. The van der Waals surface area contributed by atoms with Gasteiger partial charge in [0.05, 0.1) is 17.1 Å². The van der Waals surface area contributed by atoms with Crippen molar-refractivity contribution < 1.29 is 28.9 Å². The predicted molar refractivity (Wildman–Crippen MR) is 90.6 cm³/mol. The first-order valence-corrected chi connectivity index (χ1v) is 7.98. The molecule has 9 nitrogen and oxygen atoms in total. The number of aliphatic carboxylic acids is 1. The predicted octanol–water partition coefficient (Wildman–Crippen LogP) is 1.72. The van der Waals surface area contributed by atoms with Crippen molar-refractivity contribution in [2.45, 2.75) is 33.4 Å². The average Bonchev–Trinajstić information content (AvgIpc) is 3.14. The summed E-state index contributed by atoms with van der Waals surface area (Å²) < 4.78 is 17.5. The zero-order valence-electron chi connectivity index (χ0n) is 14.6. The maximum absolute atomic E-state index is 12.4. The number of rotatable bonds is 6. The lowest BCUT2D eigenvalue weighted by Gasteiger charge is -2.15. The highest BCUT2D eigenvalue weighted by Crippen LogP contribution is 2.35. The molecule has 1 amide bonds. The van der Waals surface area contributed by atoms with Crippen LogP contribution in [0.3, 0.4) is 0 Å². The number of benzene rings is 1. The van der Waals surface area contributed by atoms with Crippen LogP contribution >= 0.6 is 0 Å². The van der Waals surface area contributed by atoms with Gasteiger partial charge in [-0.2, -0.15) is 5.10 Å². The minimum atomic E-state index is -1.01. The average molecular weight is 361 g/mol. The van der Waals surface area contributed by atoms with Crippen LogP contribution in [0.5, 0.6) is 17.2 Å². The zero-order valence-corrected chi connectivity index (χ0v) is 14.6. The number of carbonyl (C=O) groups excluding carboxylic acids is 1. The third-order valence-electron chi connectivity index (χ3n) is 3.94. The lowest BCUT2D eigenvalue weighted by atomic mass is 10.2. The van der Waals surface area contributed by atoms with Crippen LogP contribution in [0.25, 0.3) is 0 Å². The van der Waals surface area contributed by atoms with Gasteiger partial charge < -0.3 is 24.6 Å². The monoisotopic (exact) mass is 361 g/mol. The highest BCUT2D eigenvalue weighted by atomic mass is 16.7. The smallest absolute Gasteiger partial charge is 0.325 e. The van der Waals surface area contributed by atoms with Gasteiger partial charge in [0.1, 0.15) is 12.3 Å². The van der Waals surface area contributed by atoms with Gasteiger partial charge in [0.25, 0.3) is 5.91 Å². The lowest BCUT2D eigenvalue weighted by molar-refractivity contribution is -0.137. The van der Waals surface area contributed by atoms with Crippen molar-refractivity contribution in [2.24, 2.45) is 0 Å². The van der Waals surface area contributed by atoms with E-state index in [1.807, 2.05) is 0 Å². The number of carboxylic acid groups (broad SMARTS) is 1. The number of amides is 1. The Balaban J connectivity index is 1.68. The number of fused-ring (bicyclic) bond motifs is 1. The van der Waals surface area contributed by atoms with Crippen LogP contribution in [-0.4, -0.2) is 39.7 Å². The van der Waals surface area contributed by atoms with Gasteiger partial charge in [-0.25, -0.2) is 0 Å². The molecule has 2 aromatic rings. The third kappa shape index (κ3) is 3.56. The summed E-state index contributed by atoms with van der Waals surface area (Å²) in [7, 11) is 0. The molecule has 1 aliphatic heterocycles. The molecule has 0 radical (unpaired) electrons. The summed E-state index contributed by atoms with van der Waals surface area (Å²) >= 11 is 0. The van der Waals surface area contributed by atoms with Gasteiger partial charge >= 0.3 is 5.97 Å².